The summed E-state index contributed by atoms with van der Waals surface area (Å²) >= 11 is 0. The number of amides is 1. The van der Waals surface area contributed by atoms with E-state index in [1.165, 1.54) is 24.1 Å². The maximum absolute atomic E-state index is 12.5. The average molecular weight is 330 g/mol. The lowest BCUT2D eigenvalue weighted by atomic mass is 10.2. The van der Waals surface area contributed by atoms with E-state index in [0.29, 0.717) is 11.4 Å². The Balaban J connectivity index is 2.18. The Morgan fingerprint density at radius 2 is 1.88 bits per heavy atom. The number of methoxy groups -OCH3 is 1. The third-order valence-corrected chi connectivity index (χ3v) is 3.49. The third-order valence-electron chi connectivity index (χ3n) is 3.49. The number of para-hydroxylation sites is 1. The summed E-state index contributed by atoms with van der Waals surface area (Å²) in [5.74, 6) is 0.0452. The molecule has 0 aliphatic rings. The molecule has 0 aliphatic heterocycles. The Hall–Kier alpha value is -3.09. The first kappa shape index (κ1) is 17.3. The Labute approximate surface area is 139 Å². The molecule has 1 amide bonds. The van der Waals surface area contributed by atoms with Crippen molar-refractivity contribution < 1.29 is 19.2 Å². The number of nitro groups is 1. The van der Waals surface area contributed by atoms with Crippen LogP contribution in [0.5, 0.6) is 11.5 Å². The van der Waals surface area contributed by atoms with Crippen LogP contribution in [0.1, 0.15) is 6.92 Å². The van der Waals surface area contributed by atoms with Gasteiger partial charge in [-0.05, 0) is 31.2 Å². The van der Waals surface area contributed by atoms with Crippen molar-refractivity contribution in [3.8, 4) is 11.5 Å². The van der Waals surface area contributed by atoms with Crippen LogP contribution >= 0.6 is 0 Å². The van der Waals surface area contributed by atoms with Gasteiger partial charge in [-0.25, -0.2) is 0 Å². The van der Waals surface area contributed by atoms with E-state index in [-0.39, 0.29) is 17.3 Å². The molecule has 2 aromatic carbocycles. The number of anilines is 1. The number of hydrogen-bond acceptors (Lipinski definition) is 5. The Kier molecular flexibility index (Phi) is 5.36. The van der Waals surface area contributed by atoms with Crippen molar-refractivity contribution in [2.75, 3.05) is 19.1 Å². The van der Waals surface area contributed by atoms with E-state index in [0.717, 1.165) is 0 Å². The largest absolute Gasteiger partial charge is 0.496 e. The van der Waals surface area contributed by atoms with Gasteiger partial charge in [0.2, 0.25) is 0 Å². The van der Waals surface area contributed by atoms with E-state index >= 15 is 0 Å². The van der Waals surface area contributed by atoms with Gasteiger partial charge in [0.05, 0.1) is 18.1 Å². The summed E-state index contributed by atoms with van der Waals surface area (Å²) in [5, 5.41) is 11.2. The molecule has 126 valence electrons. The van der Waals surface area contributed by atoms with Crippen LogP contribution in [0.2, 0.25) is 0 Å². The molecule has 2 aromatic rings. The summed E-state index contributed by atoms with van der Waals surface area (Å²) in [5.41, 5.74) is 0.457. The lowest BCUT2D eigenvalue weighted by Gasteiger charge is -2.22. The summed E-state index contributed by atoms with van der Waals surface area (Å²) < 4.78 is 10.5. The summed E-state index contributed by atoms with van der Waals surface area (Å²) in [4.78, 5) is 24.5. The fourth-order valence-corrected chi connectivity index (χ4v) is 2.16. The molecule has 7 heteroatoms. The van der Waals surface area contributed by atoms with Crippen molar-refractivity contribution in [1.29, 1.82) is 0 Å². The minimum atomic E-state index is -0.887. The van der Waals surface area contributed by atoms with Gasteiger partial charge < -0.3 is 14.4 Å². The Morgan fingerprint density at radius 3 is 2.46 bits per heavy atom. The van der Waals surface area contributed by atoms with Gasteiger partial charge in [0.25, 0.3) is 5.91 Å². The average Bonchev–Trinajstić information content (AvgIpc) is 2.61. The highest BCUT2D eigenvalue weighted by molar-refractivity contribution is 5.96. The zero-order valence-corrected chi connectivity index (χ0v) is 13.6. The molecule has 0 heterocycles. The first-order valence-electron chi connectivity index (χ1n) is 7.25. The van der Waals surface area contributed by atoms with E-state index < -0.39 is 11.0 Å². The van der Waals surface area contributed by atoms with Crippen LogP contribution in [0.15, 0.2) is 48.5 Å². The second kappa shape index (κ2) is 7.45. The predicted octanol–water partition coefficient (Wildman–Crippen LogP) is 3.03. The fourth-order valence-electron chi connectivity index (χ4n) is 2.16. The van der Waals surface area contributed by atoms with Crippen LogP contribution in [-0.4, -0.2) is 31.1 Å². The number of ether oxygens (including phenoxy) is 2. The first-order valence-corrected chi connectivity index (χ1v) is 7.25. The molecule has 24 heavy (non-hydrogen) atoms. The van der Waals surface area contributed by atoms with Crippen LogP contribution in [0.25, 0.3) is 0 Å². The van der Waals surface area contributed by atoms with Crippen LogP contribution in [0, 0.1) is 10.1 Å². The van der Waals surface area contributed by atoms with Gasteiger partial charge in [0, 0.05) is 12.7 Å². The summed E-state index contributed by atoms with van der Waals surface area (Å²) in [6, 6.07) is 13.3. The van der Waals surface area contributed by atoms with Gasteiger partial charge >= 0.3 is 5.69 Å². The highest BCUT2D eigenvalue weighted by atomic mass is 16.6. The van der Waals surface area contributed by atoms with Gasteiger partial charge in [0.15, 0.2) is 11.9 Å². The number of rotatable bonds is 6. The second-order valence-corrected chi connectivity index (χ2v) is 5.08. The lowest BCUT2D eigenvalue weighted by molar-refractivity contribution is -0.386. The number of hydrogen-bond donors (Lipinski definition) is 0. The van der Waals surface area contributed by atoms with Crippen LogP contribution in [0.4, 0.5) is 11.4 Å². The van der Waals surface area contributed by atoms with E-state index in [9.17, 15) is 14.9 Å². The number of benzene rings is 2. The molecule has 0 unspecified atom stereocenters. The minimum Gasteiger partial charge on any atom is -0.496 e. The maximum atomic E-state index is 12.5. The standard InChI is InChI=1S/C17H18N2O5/c1-12(17(20)18(2)13-7-5-4-6-8-13)24-16-10-9-14(23-3)11-15(16)19(21)22/h4-12H,1-3H3/t12-/m0/s1. The summed E-state index contributed by atoms with van der Waals surface area (Å²) in [7, 11) is 3.04. The highest BCUT2D eigenvalue weighted by Gasteiger charge is 2.24. The van der Waals surface area contributed by atoms with Crippen molar-refractivity contribution >= 4 is 17.3 Å². The fraction of sp³-hybridized carbons (Fsp3) is 0.235. The van der Waals surface area contributed by atoms with E-state index in [2.05, 4.69) is 0 Å². The van der Waals surface area contributed by atoms with Gasteiger partial charge in [0.1, 0.15) is 5.75 Å². The Bertz CT molecular complexity index is 733. The molecule has 0 saturated heterocycles. The van der Waals surface area contributed by atoms with Crippen LogP contribution in [-0.2, 0) is 4.79 Å². The number of carbonyl (C=O) groups is 1. The van der Waals surface area contributed by atoms with Crippen molar-refractivity contribution in [3.05, 3.63) is 58.6 Å². The molecule has 7 nitrogen and oxygen atoms in total. The van der Waals surface area contributed by atoms with Gasteiger partial charge in [-0.1, -0.05) is 18.2 Å². The molecule has 0 spiro atoms. The van der Waals surface area contributed by atoms with Crippen LogP contribution < -0.4 is 14.4 Å². The minimum absolute atomic E-state index is 0.0168. The molecule has 2 rings (SSSR count). The molecule has 0 saturated carbocycles. The van der Waals surface area contributed by atoms with Crippen molar-refractivity contribution in [2.24, 2.45) is 0 Å². The van der Waals surface area contributed by atoms with Crippen LogP contribution in [0.3, 0.4) is 0 Å². The van der Waals surface area contributed by atoms with E-state index in [1.54, 1.807) is 32.2 Å². The molecule has 0 aromatic heterocycles. The molecular weight excluding hydrogens is 312 g/mol. The first-order chi connectivity index (χ1) is 11.4. The number of carbonyl (C=O) groups excluding carboxylic acids is 1. The lowest BCUT2D eigenvalue weighted by Crippen LogP contribution is -2.38. The molecule has 0 aliphatic carbocycles. The quantitative estimate of drug-likeness (QED) is 0.600. The molecule has 1 atom stereocenters. The summed E-state index contributed by atoms with van der Waals surface area (Å²) in [6.07, 6.45) is -0.887. The van der Waals surface area contributed by atoms with Gasteiger partial charge in [-0.3, -0.25) is 14.9 Å². The Morgan fingerprint density at radius 1 is 1.21 bits per heavy atom. The van der Waals surface area contributed by atoms with Crippen molar-refractivity contribution in [3.63, 3.8) is 0 Å². The van der Waals surface area contributed by atoms with E-state index in [1.807, 2.05) is 18.2 Å². The zero-order valence-electron chi connectivity index (χ0n) is 13.6. The predicted molar refractivity (Wildman–Crippen MR) is 89.6 cm³/mol. The molecule has 0 radical (unpaired) electrons. The number of likely N-dealkylation sites (N-methyl/N-ethyl adjacent to an activating group) is 1. The van der Waals surface area contributed by atoms with E-state index in [4.69, 9.17) is 9.47 Å². The highest BCUT2D eigenvalue weighted by Crippen LogP contribution is 2.32. The second-order valence-electron chi connectivity index (χ2n) is 5.08. The normalized spacial score (nSPS) is 11.5. The number of nitro benzene ring substituents is 1. The van der Waals surface area contributed by atoms with Crippen molar-refractivity contribution in [2.45, 2.75) is 13.0 Å². The molecule has 0 N–H and O–H groups in total. The van der Waals surface area contributed by atoms with Gasteiger partial charge in [-0.2, -0.15) is 0 Å². The SMILES string of the molecule is COc1ccc(O[C@@H](C)C(=O)N(C)c2ccccc2)c([N+](=O)[O-])c1. The maximum Gasteiger partial charge on any atom is 0.314 e. The zero-order chi connectivity index (χ0) is 17.7. The topological polar surface area (TPSA) is 81.9 Å². The monoisotopic (exact) mass is 330 g/mol. The molecular formula is C17H18N2O5. The van der Waals surface area contributed by atoms with Crippen molar-refractivity contribution in [1.82, 2.24) is 0 Å². The third kappa shape index (κ3) is 3.81. The molecule has 0 fully saturated rings. The molecule has 0 bridgehead atoms. The number of nitrogens with zero attached hydrogens (tertiary/aromatic N) is 2. The smallest absolute Gasteiger partial charge is 0.314 e. The summed E-state index contributed by atoms with van der Waals surface area (Å²) in [6.45, 7) is 1.55. The van der Waals surface area contributed by atoms with Gasteiger partial charge in [-0.15, -0.1) is 0 Å².